The highest BCUT2D eigenvalue weighted by Crippen LogP contribution is 2.31. The van der Waals surface area contributed by atoms with Gasteiger partial charge in [0.25, 0.3) is 5.56 Å². The highest BCUT2D eigenvalue weighted by Gasteiger charge is 2.18. The Morgan fingerprint density at radius 2 is 1.59 bits per heavy atom. The van der Waals surface area contributed by atoms with Crippen LogP contribution in [0.1, 0.15) is 22.4 Å². The molecule has 0 aliphatic carbocycles. The minimum Gasteiger partial charge on any atom is -0.497 e. The lowest BCUT2D eigenvalue weighted by Crippen LogP contribution is -2.21. The standard InChI is InChI=1S/C28H29N3O3/c1-20-27(28(32)31(30(20)2)23-13-9-6-10-14-23)29-19-25-22(16-15-21-11-7-5-8-12-21)17-24(33-3)18-26(25)34-4/h5-18,29H,19H2,1-4H3/b16-15+. The predicted molar refractivity (Wildman–Crippen MR) is 138 cm³/mol. The first-order valence-corrected chi connectivity index (χ1v) is 11.1. The fourth-order valence-corrected chi connectivity index (χ4v) is 3.98. The molecule has 3 aromatic carbocycles. The molecule has 0 aliphatic heterocycles. The quantitative estimate of drug-likeness (QED) is 0.367. The van der Waals surface area contributed by atoms with Crippen molar-refractivity contribution in [1.82, 2.24) is 9.36 Å². The topological polar surface area (TPSA) is 57.4 Å². The van der Waals surface area contributed by atoms with E-state index in [4.69, 9.17) is 9.47 Å². The maximum Gasteiger partial charge on any atom is 0.295 e. The van der Waals surface area contributed by atoms with Gasteiger partial charge in [0.15, 0.2) is 0 Å². The van der Waals surface area contributed by atoms with E-state index in [1.54, 1.807) is 18.9 Å². The largest absolute Gasteiger partial charge is 0.497 e. The third-order valence-corrected chi connectivity index (χ3v) is 5.92. The Kier molecular flexibility index (Phi) is 6.87. The third-order valence-electron chi connectivity index (χ3n) is 5.92. The van der Waals surface area contributed by atoms with Gasteiger partial charge >= 0.3 is 0 Å². The second-order valence-corrected chi connectivity index (χ2v) is 7.93. The maximum absolute atomic E-state index is 13.3. The number of nitrogens with one attached hydrogen (secondary N) is 1. The van der Waals surface area contributed by atoms with Crippen LogP contribution in [0.2, 0.25) is 0 Å². The number of hydrogen-bond acceptors (Lipinski definition) is 4. The van der Waals surface area contributed by atoms with Crippen LogP contribution in [0.25, 0.3) is 17.8 Å². The zero-order valence-electron chi connectivity index (χ0n) is 19.9. The van der Waals surface area contributed by atoms with Crippen LogP contribution in [-0.2, 0) is 13.6 Å². The van der Waals surface area contributed by atoms with Gasteiger partial charge < -0.3 is 14.8 Å². The average Bonchev–Trinajstić information content (AvgIpc) is 3.09. The Balaban J connectivity index is 1.71. The van der Waals surface area contributed by atoms with Crippen molar-refractivity contribution in [2.45, 2.75) is 13.5 Å². The summed E-state index contributed by atoms with van der Waals surface area (Å²) in [6.45, 7) is 2.35. The molecule has 4 rings (SSSR count). The molecule has 0 saturated heterocycles. The van der Waals surface area contributed by atoms with E-state index in [2.05, 4.69) is 5.32 Å². The van der Waals surface area contributed by atoms with E-state index in [0.29, 0.717) is 23.7 Å². The minimum atomic E-state index is -0.0972. The number of rotatable bonds is 8. The molecule has 6 nitrogen and oxygen atoms in total. The summed E-state index contributed by atoms with van der Waals surface area (Å²) in [5.41, 5.74) is 5.10. The molecule has 4 aromatic rings. The zero-order valence-corrected chi connectivity index (χ0v) is 19.9. The van der Waals surface area contributed by atoms with Gasteiger partial charge in [-0.15, -0.1) is 0 Å². The molecule has 6 heteroatoms. The second-order valence-electron chi connectivity index (χ2n) is 7.93. The summed E-state index contributed by atoms with van der Waals surface area (Å²) in [4.78, 5) is 13.3. The molecule has 0 fully saturated rings. The average molecular weight is 456 g/mol. The van der Waals surface area contributed by atoms with Crippen molar-refractivity contribution in [2.24, 2.45) is 7.05 Å². The van der Waals surface area contributed by atoms with Crippen molar-refractivity contribution >= 4 is 17.8 Å². The fraction of sp³-hybridized carbons (Fsp3) is 0.179. The molecule has 0 atom stereocenters. The number of benzene rings is 3. The van der Waals surface area contributed by atoms with E-state index in [9.17, 15) is 4.79 Å². The van der Waals surface area contributed by atoms with Crippen molar-refractivity contribution in [2.75, 3.05) is 19.5 Å². The zero-order chi connectivity index (χ0) is 24.1. The van der Waals surface area contributed by atoms with Gasteiger partial charge in [0.1, 0.15) is 17.2 Å². The van der Waals surface area contributed by atoms with E-state index in [1.807, 2.05) is 104 Å². The molecule has 174 valence electrons. The number of hydrogen-bond donors (Lipinski definition) is 1. The van der Waals surface area contributed by atoms with Crippen LogP contribution in [0.3, 0.4) is 0 Å². The molecule has 0 radical (unpaired) electrons. The Labute approximate surface area is 199 Å². The van der Waals surface area contributed by atoms with Crippen LogP contribution >= 0.6 is 0 Å². The summed E-state index contributed by atoms with van der Waals surface area (Å²) in [7, 11) is 5.16. The molecule has 0 unspecified atom stereocenters. The minimum absolute atomic E-state index is 0.0972. The Hall–Kier alpha value is -4.19. The second kappa shape index (κ2) is 10.2. The Bertz CT molecular complexity index is 1350. The molecule has 0 aliphatic rings. The first-order valence-electron chi connectivity index (χ1n) is 11.1. The van der Waals surface area contributed by atoms with Gasteiger partial charge in [-0.2, -0.15) is 0 Å². The molecule has 1 N–H and O–H groups in total. The molecule has 34 heavy (non-hydrogen) atoms. The number of nitrogens with zero attached hydrogens (tertiary/aromatic N) is 2. The Morgan fingerprint density at radius 3 is 2.24 bits per heavy atom. The molecule has 0 amide bonds. The van der Waals surface area contributed by atoms with Gasteiger partial charge in [0.2, 0.25) is 0 Å². The van der Waals surface area contributed by atoms with Crippen LogP contribution < -0.4 is 20.3 Å². The van der Waals surface area contributed by atoms with Crippen LogP contribution in [0.5, 0.6) is 11.5 Å². The Morgan fingerprint density at radius 1 is 0.912 bits per heavy atom. The lowest BCUT2D eigenvalue weighted by molar-refractivity contribution is 0.391. The van der Waals surface area contributed by atoms with Crippen LogP contribution in [0.4, 0.5) is 5.69 Å². The van der Waals surface area contributed by atoms with Crippen LogP contribution in [-0.4, -0.2) is 23.6 Å². The number of anilines is 1. The molecular weight excluding hydrogens is 426 g/mol. The third kappa shape index (κ3) is 4.62. The monoisotopic (exact) mass is 455 g/mol. The highest BCUT2D eigenvalue weighted by atomic mass is 16.5. The van der Waals surface area contributed by atoms with Crippen molar-refractivity contribution in [1.29, 1.82) is 0 Å². The first-order chi connectivity index (χ1) is 16.5. The SMILES string of the molecule is COc1cc(/C=C/c2ccccc2)c(CNc2c(C)n(C)n(-c3ccccc3)c2=O)c(OC)c1. The van der Waals surface area contributed by atoms with Gasteiger partial charge in [-0.1, -0.05) is 60.7 Å². The lowest BCUT2D eigenvalue weighted by atomic mass is 10.0. The summed E-state index contributed by atoms with van der Waals surface area (Å²) in [6.07, 6.45) is 4.09. The normalized spacial score (nSPS) is 11.1. The number of methoxy groups -OCH3 is 2. The molecule has 0 saturated carbocycles. The summed E-state index contributed by atoms with van der Waals surface area (Å²) in [5.74, 6) is 1.40. The number of ether oxygens (including phenoxy) is 2. The van der Waals surface area contributed by atoms with Crippen molar-refractivity contribution in [3.63, 3.8) is 0 Å². The van der Waals surface area contributed by atoms with E-state index in [1.165, 1.54) is 0 Å². The summed E-state index contributed by atoms with van der Waals surface area (Å²) in [6, 6.07) is 23.5. The molecule has 1 aromatic heterocycles. The van der Waals surface area contributed by atoms with Crippen molar-refractivity contribution in [3.05, 3.63) is 106 Å². The van der Waals surface area contributed by atoms with E-state index in [0.717, 1.165) is 28.1 Å². The smallest absolute Gasteiger partial charge is 0.295 e. The van der Waals surface area contributed by atoms with Crippen molar-refractivity contribution < 1.29 is 9.47 Å². The van der Waals surface area contributed by atoms with Gasteiger partial charge in [-0.05, 0) is 36.2 Å². The molecular formula is C28H29N3O3. The molecule has 0 bridgehead atoms. The maximum atomic E-state index is 13.3. The predicted octanol–water partition coefficient (Wildman–Crippen LogP) is 5.28. The van der Waals surface area contributed by atoms with E-state index < -0.39 is 0 Å². The highest BCUT2D eigenvalue weighted by molar-refractivity contribution is 5.73. The van der Waals surface area contributed by atoms with Crippen molar-refractivity contribution in [3.8, 4) is 17.2 Å². The van der Waals surface area contributed by atoms with Crippen LogP contribution in [0.15, 0.2) is 77.6 Å². The van der Waals surface area contributed by atoms with Gasteiger partial charge in [-0.25, -0.2) is 4.68 Å². The first kappa shape index (κ1) is 23.0. The van der Waals surface area contributed by atoms with E-state index in [-0.39, 0.29) is 5.56 Å². The lowest BCUT2D eigenvalue weighted by Gasteiger charge is -2.15. The summed E-state index contributed by atoms with van der Waals surface area (Å²) >= 11 is 0. The summed E-state index contributed by atoms with van der Waals surface area (Å²) < 4.78 is 14.7. The fourth-order valence-electron chi connectivity index (χ4n) is 3.98. The number of aromatic nitrogens is 2. The van der Waals surface area contributed by atoms with Crippen LogP contribution in [0, 0.1) is 6.92 Å². The van der Waals surface area contributed by atoms with Gasteiger partial charge in [-0.3, -0.25) is 9.48 Å². The van der Waals surface area contributed by atoms with Gasteiger partial charge in [0, 0.05) is 25.2 Å². The summed E-state index contributed by atoms with van der Waals surface area (Å²) in [5, 5.41) is 3.37. The van der Waals surface area contributed by atoms with Gasteiger partial charge in [0.05, 0.1) is 25.6 Å². The number of para-hydroxylation sites is 1. The molecule has 0 spiro atoms. The van der Waals surface area contributed by atoms with E-state index >= 15 is 0 Å². The molecule has 1 heterocycles.